The van der Waals surface area contributed by atoms with Gasteiger partial charge in [-0.05, 0) is 30.1 Å². The van der Waals surface area contributed by atoms with Crippen molar-refractivity contribution in [3.8, 4) is 0 Å². The van der Waals surface area contributed by atoms with E-state index in [1.54, 1.807) is 0 Å². The summed E-state index contributed by atoms with van der Waals surface area (Å²) in [4.78, 5) is 0. The second-order valence-electron chi connectivity index (χ2n) is 7.74. The molecular formula is C17H36. The van der Waals surface area contributed by atoms with Gasteiger partial charge in [0.25, 0.3) is 0 Å². The third kappa shape index (κ3) is 12.2. The molecular weight excluding hydrogens is 204 g/mol. The molecule has 0 bridgehead atoms. The van der Waals surface area contributed by atoms with Crippen LogP contribution in [0.15, 0.2) is 0 Å². The Bertz CT molecular complexity index is 171. The van der Waals surface area contributed by atoms with Gasteiger partial charge in [-0.25, -0.2) is 0 Å². The van der Waals surface area contributed by atoms with E-state index in [2.05, 4.69) is 41.5 Å². The van der Waals surface area contributed by atoms with Crippen molar-refractivity contribution in [2.75, 3.05) is 0 Å². The van der Waals surface area contributed by atoms with Crippen LogP contribution in [0.1, 0.15) is 99.3 Å². The molecule has 0 N–H and O–H groups in total. The third-order valence-corrected chi connectivity index (χ3v) is 3.76. The SMILES string of the molecule is CCCCCCCCC(C)(C)CCC(C)(C)C. The zero-order chi connectivity index (χ0) is 13.4. The predicted molar refractivity (Wildman–Crippen MR) is 80.5 cm³/mol. The van der Waals surface area contributed by atoms with E-state index in [1.165, 1.54) is 57.8 Å². The topological polar surface area (TPSA) is 0 Å². The van der Waals surface area contributed by atoms with Gasteiger partial charge in [0.1, 0.15) is 0 Å². The van der Waals surface area contributed by atoms with Gasteiger partial charge in [0.05, 0.1) is 0 Å². The van der Waals surface area contributed by atoms with Crippen molar-refractivity contribution in [1.82, 2.24) is 0 Å². The van der Waals surface area contributed by atoms with Crippen molar-refractivity contribution >= 4 is 0 Å². The van der Waals surface area contributed by atoms with Gasteiger partial charge in [-0.2, -0.15) is 0 Å². The number of rotatable bonds is 9. The quantitative estimate of drug-likeness (QED) is 0.399. The molecule has 0 fully saturated rings. The fourth-order valence-corrected chi connectivity index (χ4v) is 2.22. The molecule has 0 nitrogen and oxygen atoms in total. The summed E-state index contributed by atoms with van der Waals surface area (Å²) in [5, 5.41) is 0. The zero-order valence-electron chi connectivity index (χ0n) is 13.4. The molecule has 0 saturated carbocycles. The number of hydrogen-bond acceptors (Lipinski definition) is 0. The maximum absolute atomic E-state index is 2.45. The van der Waals surface area contributed by atoms with Gasteiger partial charge in [0, 0.05) is 0 Å². The van der Waals surface area contributed by atoms with Crippen molar-refractivity contribution < 1.29 is 0 Å². The van der Waals surface area contributed by atoms with Gasteiger partial charge in [-0.1, -0.05) is 80.1 Å². The highest BCUT2D eigenvalue weighted by Gasteiger charge is 2.20. The van der Waals surface area contributed by atoms with Crippen LogP contribution >= 0.6 is 0 Å². The van der Waals surface area contributed by atoms with E-state index in [0.29, 0.717) is 10.8 Å². The maximum Gasteiger partial charge on any atom is -0.0354 e. The van der Waals surface area contributed by atoms with Crippen LogP contribution < -0.4 is 0 Å². The van der Waals surface area contributed by atoms with Crippen LogP contribution in [0.3, 0.4) is 0 Å². The lowest BCUT2D eigenvalue weighted by atomic mass is 9.77. The molecule has 0 amide bonds. The molecule has 0 unspecified atom stereocenters. The van der Waals surface area contributed by atoms with E-state index in [1.807, 2.05) is 0 Å². The van der Waals surface area contributed by atoms with Crippen LogP contribution in [-0.4, -0.2) is 0 Å². The summed E-state index contributed by atoms with van der Waals surface area (Å²) in [5.74, 6) is 0. The minimum absolute atomic E-state index is 0.498. The zero-order valence-corrected chi connectivity index (χ0v) is 13.4. The van der Waals surface area contributed by atoms with Crippen LogP contribution in [0.2, 0.25) is 0 Å². The third-order valence-electron chi connectivity index (χ3n) is 3.76. The van der Waals surface area contributed by atoms with Gasteiger partial charge >= 0.3 is 0 Å². The standard InChI is InChI=1S/C17H36/c1-7-8-9-10-11-12-13-17(5,6)15-14-16(2,3)4/h7-15H2,1-6H3. The smallest absolute Gasteiger partial charge is 0.0354 e. The number of unbranched alkanes of at least 4 members (excludes halogenated alkanes) is 5. The lowest BCUT2D eigenvalue weighted by Gasteiger charge is -2.29. The van der Waals surface area contributed by atoms with Crippen molar-refractivity contribution in [2.24, 2.45) is 10.8 Å². The monoisotopic (exact) mass is 240 g/mol. The maximum atomic E-state index is 2.45. The van der Waals surface area contributed by atoms with Crippen LogP contribution in [-0.2, 0) is 0 Å². The Morgan fingerprint density at radius 1 is 0.588 bits per heavy atom. The van der Waals surface area contributed by atoms with Crippen LogP contribution in [0, 0.1) is 10.8 Å². The molecule has 0 aromatic heterocycles. The van der Waals surface area contributed by atoms with Gasteiger partial charge in [0.2, 0.25) is 0 Å². The van der Waals surface area contributed by atoms with E-state index in [0.717, 1.165) is 0 Å². The van der Waals surface area contributed by atoms with E-state index in [-0.39, 0.29) is 0 Å². The molecule has 0 radical (unpaired) electrons. The van der Waals surface area contributed by atoms with E-state index >= 15 is 0 Å². The largest absolute Gasteiger partial charge is 0.0654 e. The highest BCUT2D eigenvalue weighted by Crippen LogP contribution is 2.34. The second-order valence-corrected chi connectivity index (χ2v) is 7.74. The van der Waals surface area contributed by atoms with Crippen molar-refractivity contribution in [2.45, 2.75) is 99.3 Å². The highest BCUT2D eigenvalue weighted by atomic mass is 14.3. The minimum Gasteiger partial charge on any atom is -0.0654 e. The molecule has 0 aliphatic rings. The molecule has 104 valence electrons. The number of hydrogen-bond donors (Lipinski definition) is 0. The van der Waals surface area contributed by atoms with E-state index in [9.17, 15) is 0 Å². The molecule has 0 rings (SSSR count). The second kappa shape index (κ2) is 8.16. The Kier molecular flexibility index (Phi) is 8.16. The van der Waals surface area contributed by atoms with Gasteiger partial charge < -0.3 is 0 Å². The molecule has 0 aromatic carbocycles. The van der Waals surface area contributed by atoms with E-state index in [4.69, 9.17) is 0 Å². The Morgan fingerprint density at radius 3 is 1.65 bits per heavy atom. The summed E-state index contributed by atoms with van der Waals surface area (Å²) in [7, 11) is 0. The summed E-state index contributed by atoms with van der Waals surface area (Å²) in [6, 6.07) is 0. The van der Waals surface area contributed by atoms with E-state index < -0.39 is 0 Å². The van der Waals surface area contributed by atoms with Gasteiger partial charge in [0.15, 0.2) is 0 Å². The summed E-state index contributed by atoms with van der Waals surface area (Å²) in [6.45, 7) is 14.3. The molecule has 0 aromatic rings. The Hall–Kier alpha value is 0. The summed E-state index contributed by atoms with van der Waals surface area (Å²) >= 11 is 0. The van der Waals surface area contributed by atoms with Crippen LogP contribution in [0.25, 0.3) is 0 Å². The first-order valence-corrected chi connectivity index (χ1v) is 7.77. The first-order chi connectivity index (χ1) is 7.77. The first kappa shape index (κ1) is 17.0. The normalized spacial score (nSPS) is 13.1. The molecule has 0 heterocycles. The molecule has 0 heteroatoms. The molecule has 0 aliphatic heterocycles. The summed E-state index contributed by atoms with van der Waals surface area (Å²) in [6.07, 6.45) is 12.7. The highest BCUT2D eigenvalue weighted by molar-refractivity contribution is 4.73. The Balaban J connectivity index is 3.57. The van der Waals surface area contributed by atoms with Crippen LogP contribution in [0.5, 0.6) is 0 Å². The van der Waals surface area contributed by atoms with Crippen molar-refractivity contribution in [1.29, 1.82) is 0 Å². The molecule has 0 saturated heterocycles. The fourth-order valence-electron chi connectivity index (χ4n) is 2.22. The van der Waals surface area contributed by atoms with Crippen molar-refractivity contribution in [3.05, 3.63) is 0 Å². The molecule has 17 heavy (non-hydrogen) atoms. The Morgan fingerprint density at radius 2 is 1.12 bits per heavy atom. The average molecular weight is 240 g/mol. The predicted octanol–water partition coefficient (Wildman–Crippen LogP) is 6.59. The van der Waals surface area contributed by atoms with Crippen molar-refractivity contribution in [3.63, 3.8) is 0 Å². The lowest BCUT2D eigenvalue weighted by molar-refractivity contribution is 0.234. The fraction of sp³-hybridized carbons (Fsp3) is 1.00. The first-order valence-electron chi connectivity index (χ1n) is 7.77. The van der Waals surface area contributed by atoms with Gasteiger partial charge in [-0.15, -0.1) is 0 Å². The molecule has 0 aliphatic carbocycles. The Labute approximate surface area is 111 Å². The molecule has 0 atom stereocenters. The summed E-state index contributed by atoms with van der Waals surface area (Å²) in [5.41, 5.74) is 1.05. The lowest BCUT2D eigenvalue weighted by Crippen LogP contribution is -2.16. The average Bonchev–Trinajstić information content (AvgIpc) is 2.20. The minimum atomic E-state index is 0.498. The summed E-state index contributed by atoms with van der Waals surface area (Å²) < 4.78 is 0. The van der Waals surface area contributed by atoms with Crippen LogP contribution in [0.4, 0.5) is 0 Å². The van der Waals surface area contributed by atoms with Gasteiger partial charge in [-0.3, -0.25) is 0 Å². The molecule has 0 spiro atoms.